The average molecular weight is 291 g/mol. The van der Waals surface area contributed by atoms with Gasteiger partial charge in [-0.3, -0.25) is 0 Å². The lowest BCUT2D eigenvalue weighted by molar-refractivity contribution is 0.301. The number of rotatable bonds is 3. The highest BCUT2D eigenvalue weighted by molar-refractivity contribution is 5.57. The summed E-state index contributed by atoms with van der Waals surface area (Å²) < 4.78 is 23.7. The van der Waals surface area contributed by atoms with Crippen LogP contribution in [-0.2, 0) is 0 Å². The number of nitrogens with two attached hydrogens (primary N) is 1. The van der Waals surface area contributed by atoms with E-state index >= 15 is 0 Å². The SMILES string of the molecule is COc1cc(-c2noc(C3CCC(N)CC3)n2)ccc1F. The second-order valence-electron chi connectivity index (χ2n) is 5.42. The molecule has 0 saturated heterocycles. The summed E-state index contributed by atoms with van der Waals surface area (Å²) in [5.41, 5.74) is 6.58. The number of hydrogen-bond donors (Lipinski definition) is 1. The van der Waals surface area contributed by atoms with Gasteiger partial charge < -0.3 is 15.0 Å². The first-order chi connectivity index (χ1) is 10.2. The molecule has 0 amide bonds. The number of hydrogen-bond acceptors (Lipinski definition) is 5. The van der Waals surface area contributed by atoms with E-state index in [1.165, 1.54) is 13.2 Å². The Hall–Kier alpha value is -1.95. The Labute approximate surface area is 122 Å². The molecule has 1 heterocycles. The van der Waals surface area contributed by atoms with Crippen molar-refractivity contribution in [3.63, 3.8) is 0 Å². The molecule has 112 valence electrons. The number of nitrogens with zero attached hydrogens (tertiary/aromatic N) is 2. The number of ether oxygens (including phenoxy) is 1. The average Bonchev–Trinajstić information content (AvgIpc) is 2.98. The molecule has 1 saturated carbocycles. The molecule has 5 nitrogen and oxygen atoms in total. The summed E-state index contributed by atoms with van der Waals surface area (Å²) >= 11 is 0. The molecule has 1 aliphatic carbocycles. The summed E-state index contributed by atoms with van der Waals surface area (Å²) in [5.74, 6) is 1.13. The number of halogens is 1. The molecule has 0 unspecified atom stereocenters. The molecule has 0 aliphatic heterocycles. The van der Waals surface area contributed by atoms with Gasteiger partial charge in [0.25, 0.3) is 0 Å². The first-order valence-electron chi connectivity index (χ1n) is 7.10. The molecule has 0 atom stereocenters. The van der Waals surface area contributed by atoms with Crippen LogP contribution >= 0.6 is 0 Å². The summed E-state index contributed by atoms with van der Waals surface area (Å²) in [7, 11) is 1.43. The van der Waals surface area contributed by atoms with E-state index in [1.54, 1.807) is 12.1 Å². The standard InChI is InChI=1S/C15H18FN3O2/c1-20-13-8-10(4-7-12(13)16)14-18-15(21-19-14)9-2-5-11(17)6-3-9/h4,7-9,11H,2-3,5-6,17H2,1H3. The fourth-order valence-corrected chi connectivity index (χ4v) is 2.68. The van der Waals surface area contributed by atoms with Crippen molar-refractivity contribution in [3.05, 3.63) is 29.9 Å². The van der Waals surface area contributed by atoms with Crippen molar-refractivity contribution in [1.82, 2.24) is 10.1 Å². The van der Waals surface area contributed by atoms with E-state index in [4.69, 9.17) is 15.0 Å². The van der Waals surface area contributed by atoms with E-state index in [2.05, 4.69) is 10.1 Å². The Bertz CT molecular complexity index is 621. The fourth-order valence-electron chi connectivity index (χ4n) is 2.68. The molecule has 1 fully saturated rings. The van der Waals surface area contributed by atoms with Crippen LogP contribution in [0.5, 0.6) is 5.75 Å². The molecule has 0 spiro atoms. The van der Waals surface area contributed by atoms with Crippen LogP contribution in [-0.4, -0.2) is 23.3 Å². The van der Waals surface area contributed by atoms with Crippen molar-refractivity contribution >= 4 is 0 Å². The topological polar surface area (TPSA) is 74.2 Å². The zero-order chi connectivity index (χ0) is 14.8. The van der Waals surface area contributed by atoms with Gasteiger partial charge in [0.1, 0.15) is 0 Å². The number of methoxy groups -OCH3 is 1. The van der Waals surface area contributed by atoms with Crippen molar-refractivity contribution in [2.75, 3.05) is 7.11 Å². The van der Waals surface area contributed by atoms with Crippen LogP contribution < -0.4 is 10.5 Å². The van der Waals surface area contributed by atoms with Crippen molar-refractivity contribution in [1.29, 1.82) is 0 Å². The van der Waals surface area contributed by atoms with Gasteiger partial charge in [0.2, 0.25) is 11.7 Å². The Morgan fingerprint density at radius 2 is 2.05 bits per heavy atom. The molecule has 1 aliphatic rings. The van der Waals surface area contributed by atoms with E-state index in [0.717, 1.165) is 25.7 Å². The van der Waals surface area contributed by atoms with Crippen LogP contribution in [0.2, 0.25) is 0 Å². The Morgan fingerprint density at radius 3 is 2.76 bits per heavy atom. The predicted octanol–water partition coefficient (Wildman–Crippen LogP) is 2.87. The number of aromatic nitrogens is 2. The largest absolute Gasteiger partial charge is 0.494 e. The van der Waals surface area contributed by atoms with E-state index < -0.39 is 5.82 Å². The quantitative estimate of drug-likeness (QED) is 0.941. The third-order valence-corrected chi connectivity index (χ3v) is 3.97. The highest BCUT2D eigenvalue weighted by Gasteiger charge is 2.25. The second kappa shape index (κ2) is 5.81. The van der Waals surface area contributed by atoms with Crippen molar-refractivity contribution in [3.8, 4) is 17.1 Å². The monoisotopic (exact) mass is 291 g/mol. The van der Waals surface area contributed by atoms with Gasteiger partial charge >= 0.3 is 0 Å². The lowest BCUT2D eigenvalue weighted by atomic mass is 9.86. The summed E-state index contributed by atoms with van der Waals surface area (Å²) in [6.45, 7) is 0. The number of benzene rings is 1. The van der Waals surface area contributed by atoms with Crippen LogP contribution in [0.25, 0.3) is 11.4 Å². The zero-order valence-corrected chi connectivity index (χ0v) is 11.9. The molecule has 2 aromatic rings. The maximum absolute atomic E-state index is 13.4. The summed E-state index contributed by atoms with van der Waals surface area (Å²) in [5, 5.41) is 3.99. The second-order valence-corrected chi connectivity index (χ2v) is 5.42. The first-order valence-corrected chi connectivity index (χ1v) is 7.10. The maximum Gasteiger partial charge on any atom is 0.230 e. The first kappa shape index (κ1) is 14.0. The maximum atomic E-state index is 13.4. The Kier molecular flexibility index (Phi) is 3.88. The molecule has 1 aromatic heterocycles. The van der Waals surface area contributed by atoms with E-state index in [9.17, 15) is 4.39 Å². The zero-order valence-electron chi connectivity index (χ0n) is 11.9. The van der Waals surface area contributed by atoms with Gasteiger partial charge in [-0.1, -0.05) is 5.16 Å². The lowest BCUT2D eigenvalue weighted by Gasteiger charge is -2.22. The minimum atomic E-state index is -0.411. The van der Waals surface area contributed by atoms with Crippen LogP contribution in [0.4, 0.5) is 4.39 Å². The molecule has 0 radical (unpaired) electrons. The molecule has 21 heavy (non-hydrogen) atoms. The molecule has 3 rings (SSSR count). The highest BCUT2D eigenvalue weighted by Crippen LogP contribution is 2.32. The molecular formula is C15H18FN3O2. The van der Waals surface area contributed by atoms with Crippen molar-refractivity contribution in [2.45, 2.75) is 37.6 Å². The van der Waals surface area contributed by atoms with Crippen LogP contribution in [0, 0.1) is 5.82 Å². The van der Waals surface area contributed by atoms with E-state index in [1.807, 2.05) is 0 Å². The minimum Gasteiger partial charge on any atom is -0.494 e. The van der Waals surface area contributed by atoms with Gasteiger partial charge in [-0.2, -0.15) is 4.98 Å². The van der Waals surface area contributed by atoms with Gasteiger partial charge in [-0.15, -0.1) is 0 Å². The summed E-state index contributed by atoms with van der Waals surface area (Å²) in [6.07, 6.45) is 3.89. The van der Waals surface area contributed by atoms with E-state index in [0.29, 0.717) is 17.3 Å². The highest BCUT2D eigenvalue weighted by atomic mass is 19.1. The third-order valence-electron chi connectivity index (χ3n) is 3.97. The van der Waals surface area contributed by atoms with Gasteiger partial charge in [0.05, 0.1) is 7.11 Å². The molecule has 1 aromatic carbocycles. The smallest absolute Gasteiger partial charge is 0.230 e. The normalized spacial score (nSPS) is 22.2. The van der Waals surface area contributed by atoms with Crippen LogP contribution in [0.1, 0.15) is 37.5 Å². The molecular weight excluding hydrogens is 273 g/mol. The van der Waals surface area contributed by atoms with Crippen molar-refractivity contribution < 1.29 is 13.7 Å². The summed E-state index contributed by atoms with van der Waals surface area (Å²) in [4.78, 5) is 4.44. The minimum absolute atomic E-state index is 0.169. The molecule has 6 heteroatoms. The summed E-state index contributed by atoms with van der Waals surface area (Å²) in [6, 6.07) is 4.80. The van der Waals surface area contributed by atoms with Gasteiger partial charge in [-0.25, -0.2) is 4.39 Å². The molecule has 0 bridgehead atoms. The fraction of sp³-hybridized carbons (Fsp3) is 0.467. The van der Waals surface area contributed by atoms with Crippen molar-refractivity contribution in [2.24, 2.45) is 5.73 Å². The van der Waals surface area contributed by atoms with Crippen LogP contribution in [0.15, 0.2) is 22.7 Å². The third kappa shape index (κ3) is 2.90. The van der Waals surface area contributed by atoms with Crippen LogP contribution in [0.3, 0.4) is 0 Å². The Balaban J connectivity index is 1.81. The van der Waals surface area contributed by atoms with E-state index in [-0.39, 0.29) is 17.7 Å². The van der Waals surface area contributed by atoms with Gasteiger partial charge in [0, 0.05) is 17.5 Å². The van der Waals surface area contributed by atoms with Gasteiger partial charge in [0.15, 0.2) is 11.6 Å². The van der Waals surface area contributed by atoms with Gasteiger partial charge in [-0.05, 0) is 43.9 Å². The lowest BCUT2D eigenvalue weighted by Crippen LogP contribution is -2.25. The predicted molar refractivity (Wildman–Crippen MR) is 75.4 cm³/mol. The Morgan fingerprint density at radius 1 is 1.29 bits per heavy atom. The molecule has 2 N–H and O–H groups in total.